The molecule has 1 aromatic rings. The third kappa shape index (κ3) is 3.33. The summed E-state index contributed by atoms with van der Waals surface area (Å²) in [5.74, 6) is 0. The highest BCUT2D eigenvalue weighted by molar-refractivity contribution is 9.10. The zero-order valence-electron chi connectivity index (χ0n) is 10.2. The van der Waals surface area contributed by atoms with Crippen LogP contribution in [0.15, 0.2) is 28.7 Å². The minimum atomic E-state index is 0.549. The third-order valence-corrected chi connectivity index (χ3v) is 4.00. The van der Waals surface area contributed by atoms with Crippen molar-refractivity contribution in [1.82, 2.24) is 4.90 Å². The van der Waals surface area contributed by atoms with Gasteiger partial charge in [-0.05, 0) is 49.0 Å². The summed E-state index contributed by atoms with van der Waals surface area (Å²) < 4.78 is 1.18. The molecule has 0 saturated carbocycles. The van der Waals surface area contributed by atoms with Crippen molar-refractivity contribution >= 4 is 15.9 Å². The van der Waals surface area contributed by atoms with Gasteiger partial charge in [-0.3, -0.25) is 4.90 Å². The summed E-state index contributed by atoms with van der Waals surface area (Å²) in [5.41, 5.74) is 1.96. The smallest absolute Gasteiger partial charge is 0.0234 e. The van der Waals surface area contributed by atoms with Gasteiger partial charge in [-0.2, -0.15) is 0 Å². The molecule has 16 heavy (non-hydrogen) atoms. The zero-order chi connectivity index (χ0) is 11.6. The van der Waals surface area contributed by atoms with Crippen molar-refractivity contribution in [3.63, 3.8) is 0 Å². The molecule has 0 unspecified atom stereocenters. The third-order valence-electron chi connectivity index (χ3n) is 3.50. The van der Waals surface area contributed by atoms with Crippen molar-refractivity contribution in [2.24, 2.45) is 5.41 Å². The Hall–Kier alpha value is -0.340. The van der Waals surface area contributed by atoms with E-state index >= 15 is 0 Å². The van der Waals surface area contributed by atoms with Gasteiger partial charge in [0.2, 0.25) is 0 Å². The number of nitrogens with zero attached hydrogens (tertiary/aromatic N) is 1. The molecule has 1 saturated heterocycles. The second-order valence-electron chi connectivity index (χ2n) is 5.57. The summed E-state index contributed by atoms with van der Waals surface area (Å²) in [6, 6.07) is 8.64. The van der Waals surface area contributed by atoms with Crippen LogP contribution in [-0.4, -0.2) is 18.0 Å². The largest absolute Gasteiger partial charge is 0.299 e. The Morgan fingerprint density at radius 1 is 1.25 bits per heavy atom. The second-order valence-corrected chi connectivity index (χ2v) is 6.49. The Labute approximate surface area is 107 Å². The van der Waals surface area contributed by atoms with Gasteiger partial charge in [0, 0.05) is 11.0 Å². The molecule has 1 heterocycles. The van der Waals surface area contributed by atoms with Gasteiger partial charge >= 0.3 is 0 Å². The second kappa shape index (κ2) is 4.89. The van der Waals surface area contributed by atoms with E-state index in [4.69, 9.17) is 0 Å². The van der Waals surface area contributed by atoms with Crippen molar-refractivity contribution < 1.29 is 0 Å². The van der Waals surface area contributed by atoms with Crippen molar-refractivity contribution in [2.45, 2.75) is 33.2 Å². The monoisotopic (exact) mass is 281 g/mol. The lowest BCUT2D eigenvalue weighted by atomic mass is 9.82. The van der Waals surface area contributed by atoms with Crippen molar-refractivity contribution in [1.29, 1.82) is 0 Å². The average Bonchev–Trinajstić information content (AvgIpc) is 2.21. The first kappa shape index (κ1) is 12.1. The van der Waals surface area contributed by atoms with E-state index < -0.39 is 0 Å². The summed E-state index contributed by atoms with van der Waals surface area (Å²) in [6.07, 6.45) is 2.64. The molecule has 0 aliphatic carbocycles. The van der Waals surface area contributed by atoms with E-state index in [0.717, 1.165) is 6.54 Å². The molecule has 1 aromatic carbocycles. The Morgan fingerprint density at radius 2 is 1.94 bits per heavy atom. The van der Waals surface area contributed by atoms with E-state index in [-0.39, 0.29) is 0 Å². The van der Waals surface area contributed by atoms with Crippen LogP contribution in [0, 0.1) is 5.41 Å². The number of benzene rings is 1. The number of hydrogen-bond acceptors (Lipinski definition) is 1. The molecule has 0 radical (unpaired) electrons. The first-order valence-electron chi connectivity index (χ1n) is 6.02. The van der Waals surface area contributed by atoms with Crippen molar-refractivity contribution in [3.05, 3.63) is 34.3 Å². The van der Waals surface area contributed by atoms with Crippen LogP contribution in [0.5, 0.6) is 0 Å². The molecule has 0 atom stereocenters. The normalized spacial score (nSPS) is 20.9. The molecule has 1 aliphatic heterocycles. The van der Waals surface area contributed by atoms with Gasteiger partial charge in [0.05, 0.1) is 0 Å². The summed E-state index contributed by atoms with van der Waals surface area (Å²) >= 11 is 3.53. The Morgan fingerprint density at radius 3 is 2.56 bits per heavy atom. The van der Waals surface area contributed by atoms with Gasteiger partial charge in [0.25, 0.3) is 0 Å². The molecule has 0 spiro atoms. The molecule has 0 N–H and O–H groups in total. The molecule has 0 amide bonds. The fraction of sp³-hybridized carbons (Fsp3) is 0.571. The molecular weight excluding hydrogens is 262 g/mol. The van der Waals surface area contributed by atoms with Crippen molar-refractivity contribution in [2.75, 3.05) is 13.1 Å². The van der Waals surface area contributed by atoms with Crippen LogP contribution < -0.4 is 0 Å². The minimum absolute atomic E-state index is 0.549. The quantitative estimate of drug-likeness (QED) is 0.790. The number of hydrogen-bond donors (Lipinski definition) is 0. The maximum absolute atomic E-state index is 3.53. The zero-order valence-corrected chi connectivity index (χ0v) is 11.8. The number of rotatable bonds is 2. The fourth-order valence-corrected chi connectivity index (χ4v) is 2.66. The standard InChI is InChI=1S/C14H20BrN/c1-14(2)6-8-16(9-7-14)11-12-4-3-5-13(15)10-12/h3-5,10H,6-9,11H2,1-2H3. The average molecular weight is 282 g/mol. The molecule has 1 nitrogen and oxygen atoms in total. The van der Waals surface area contributed by atoms with Gasteiger partial charge in [-0.15, -0.1) is 0 Å². The van der Waals surface area contributed by atoms with Crippen LogP contribution in [0.2, 0.25) is 0 Å². The first-order valence-corrected chi connectivity index (χ1v) is 6.81. The number of halogens is 1. The molecule has 1 fully saturated rings. The van der Waals surface area contributed by atoms with Crippen LogP contribution in [0.25, 0.3) is 0 Å². The predicted molar refractivity (Wildman–Crippen MR) is 72.4 cm³/mol. The van der Waals surface area contributed by atoms with Crippen LogP contribution in [0.3, 0.4) is 0 Å². The topological polar surface area (TPSA) is 3.24 Å². The maximum atomic E-state index is 3.53. The van der Waals surface area contributed by atoms with E-state index in [1.807, 2.05) is 0 Å². The summed E-state index contributed by atoms with van der Waals surface area (Å²) in [6.45, 7) is 8.32. The first-order chi connectivity index (χ1) is 7.55. The van der Waals surface area contributed by atoms with Gasteiger partial charge in [-0.25, -0.2) is 0 Å². The van der Waals surface area contributed by atoms with Gasteiger partial charge in [0.15, 0.2) is 0 Å². The highest BCUT2D eigenvalue weighted by Gasteiger charge is 2.24. The molecule has 88 valence electrons. The van der Waals surface area contributed by atoms with E-state index in [0.29, 0.717) is 5.41 Å². The molecule has 1 aliphatic rings. The van der Waals surface area contributed by atoms with E-state index in [1.165, 1.54) is 36.0 Å². The lowest BCUT2D eigenvalue weighted by Gasteiger charge is -2.36. The van der Waals surface area contributed by atoms with Crippen LogP contribution in [0.4, 0.5) is 0 Å². The van der Waals surface area contributed by atoms with Gasteiger partial charge < -0.3 is 0 Å². The molecule has 0 aromatic heterocycles. The number of piperidine rings is 1. The van der Waals surface area contributed by atoms with Crippen LogP contribution in [0.1, 0.15) is 32.3 Å². The summed E-state index contributed by atoms with van der Waals surface area (Å²) in [4.78, 5) is 2.56. The number of likely N-dealkylation sites (tertiary alicyclic amines) is 1. The lowest BCUT2D eigenvalue weighted by molar-refractivity contribution is 0.127. The molecule has 2 rings (SSSR count). The van der Waals surface area contributed by atoms with Crippen molar-refractivity contribution in [3.8, 4) is 0 Å². The predicted octanol–water partition coefficient (Wildman–Crippen LogP) is 4.07. The Balaban J connectivity index is 1.92. The maximum Gasteiger partial charge on any atom is 0.0234 e. The fourth-order valence-electron chi connectivity index (χ4n) is 2.21. The molecule has 2 heteroatoms. The summed E-state index contributed by atoms with van der Waals surface area (Å²) in [7, 11) is 0. The molecular formula is C14H20BrN. The van der Waals surface area contributed by atoms with E-state index in [9.17, 15) is 0 Å². The lowest BCUT2D eigenvalue weighted by Crippen LogP contribution is -2.36. The Bertz CT molecular complexity index is 350. The van der Waals surface area contributed by atoms with E-state index in [1.54, 1.807) is 0 Å². The highest BCUT2D eigenvalue weighted by atomic mass is 79.9. The van der Waals surface area contributed by atoms with Crippen LogP contribution >= 0.6 is 15.9 Å². The Kier molecular flexibility index (Phi) is 3.70. The molecule has 0 bridgehead atoms. The van der Waals surface area contributed by atoms with Gasteiger partial charge in [-0.1, -0.05) is 41.9 Å². The van der Waals surface area contributed by atoms with Gasteiger partial charge in [0.1, 0.15) is 0 Å². The highest BCUT2D eigenvalue weighted by Crippen LogP contribution is 2.30. The SMILES string of the molecule is CC1(C)CCN(Cc2cccc(Br)c2)CC1. The summed E-state index contributed by atoms with van der Waals surface area (Å²) in [5, 5.41) is 0. The minimum Gasteiger partial charge on any atom is -0.299 e. The van der Waals surface area contributed by atoms with Crippen LogP contribution in [-0.2, 0) is 6.54 Å². The van der Waals surface area contributed by atoms with E-state index in [2.05, 4.69) is 58.9 Å².